The van der Waals surface area contributed by atoms with Crippen LogP contribution in [-0.4, -0.2) is 21.8 Å². The van der Waals surface area contributed by atoms with Crippen LogP contribution in [0.1, 0.15) is 15.9 Å². The zero-order chi connectivity index (χ0) is 11.9. The predicted molar refractivity (Wildman–Crippen MR) is 55.0 cm³/mol. The number of hydrogen-bond donors (Lipinski definition) is 2. The van der Waals surface area contributed by atoms with Crippen molar-refractivity contribution in [3.8, 4) is 0 Å². The van der Waals surface area contributed by atoms with Crippen LogP contribution >= 0.6 is 0 Å². The number of H-pyrrole nitrogens is 1. The topological polar surface area (TPSA) is 70.2 Å². The zero-order valence-corrected chi connectivity index (χ0v) is 8.37. The number of aromatic nitrogens is 1. The van der Waals surface area contributed by atoms with E-state index in [1.807, 2.05) is 0 Å². The minimum atomic E-state index is -1.59. The number of fused-ring (bicyclic) bond motifs is 1. The van der Waals surface area contributed by atoms with Gasteiger partial charge in [-0.15, -0.1) is 0 Å². The van der Waals surface area contributed by atoms with Crippen molar-refractivity contribution in [2.75, 3.05) is 0 Å². The monoisotopic (exact) mass is 221 g/mol. The van der Waals surface area contributed by atoms with Gasteiger partial charge in [0.15, 0.2) is 0 Å². The first kappa shape index (κ1) is 10.4. The van der Waals surface area contributed by atoms with E-state index in [4.69, 9.17) is 5.11 Å². The SMILES string of the molecule is Cc1c[nH]c2c(F)cc(C(=O)C(=O)O)cc12. The Kier molecular flexibility index (Phi) is 2.23. The molecule has 2 rings (SSSR count). The second-order valence-corrected chi connectivity index (χ2v) is 3.49. The van der Waals surface area contributed by atoms with Crippen LogP contribution in [-0.2, 0) is 4.79 Å². The summed E-state index contributed by atoms with van der Waals surface area (Å²) in [4.78, 5) is 24.4. The first-order valence-corrected chi connectivity index (χ1v) is 4.55. The Hall–Kier alpha value is -2.17. The average Bonchev–Trinajstić information content (AvgIpc) is 2.60. The fraction of sp³-hybridized carbons (Fsp3) is 0.0909. The number of benzene rings is 1. The van der Waals surface area contributed by atoms with Crippen LogP contribution in [0.5, 0.6) is 0 Å². The van der Waals surface area contributed by atoms with Gasteiger partial charge in [0.2, 0.25) is 0 Å². The van der Waals surface area contributed by atoms with Crippen molar-refractivity contribution in [2.45, 2.75) is 6.92 Å². The lowest BCUT2D eigenvalue weighted by atomic mass is 10.1. The molecule has 0 atom stereocenters. The molecule has 0 unspecified atom stereocenters. The molecule has 0 bridgehead atoms. The minimum absolute atomic E-state index is 0.153. The van der Waals surface area contributed by atoms with Gasteiger partial charge in [-0.3, -0.25) is 4.79 Å². The number of hydrogen-bond acceptors (Lipinski definition) is 2. The van der Waals surface area contributed by atoms with Gasteiger partial charge in [-0.1, -0.05) is 0 Å². The summed E-state index contributed by atoms with van der Waals surface area (Å²) in [5, 5.41) is 9.06. The summed E-state index contributed by atoms with van der Waals surface area (Å²) < 4.78 is 13.5. The number of aryl methyl sites for hydroxylation is 1. The van der Waals surface area contributed by atoms with E-state index in [-0.39, 0.29) is 11.1 Å². The maximum absolute atomic E-state index is 13.5. The Morgan fingerprint density at radius 3 is 2.69 bits per heavy atom. The van der Waals surface area contributed by atoms with Crippen molar-refractivity contribution in [3.63, 3.8) is 0 Å². The molecule has 0 amide bonds. The summed E-state index contributed by atoms with van der Waals surface area (Å²) in [7, 11) is 0. The van der Waals surface area contributed by atoms with E-state index in [1.54, 1.807) is 13.1 Å². The first-order valence-electron chi connectivity index (χ1n) is 4.55. The van der Waals surface area contributed by atoms with Crippen LogP contribution in [0, 0.1) is 12.7 Å². The van der Waals surface area contributed by atoms with Gasteiger partial charge in [0, 0.05) is 17.1 Å². The number of halogens is 1. The van der Waals surface area contributed by atoms with E-state index in [0.717, 1.165) is 11.6 Å². The Morgan fingerprint density at radius 2 is 2.06 bits per heavy atom. The van der Waals surface area contributed by atoms with Crippen LogP contribution in [0.4, 0.5) is 4.39 Å². The van der Waals surface area contributed by atoms with Gasteiger partial charge >= 0.3 is 5.97 Å². The van der Waals surface area contributed by atoms with Gasteiger partial charge in [0.05, 0.1) is 5.52 Å². The van der Waals surface area contributed by atoms with E-state index < -0.39 is 17.6 Å². The summed E-state index contributed by atoms with van der Waals surface area (Å²) in [6.07, 6.45) is 1.60. The Bertz CT molecular complexity index is 601. The van der Waals surface area contributed by atoms with E-state index in [1.165, 1.54) is 6.07 Å². The van der Waals surface area contributed by atoms with Crippen LogP contribution in [0.2, 0.25) is 0 Å². The number of rotatable bonds is 2. The molecule has 0 saturated carbocycles. The summed E-state index contributed by atoms with van der Waals surface area (Å²) in [6, 6.07) is 2.30. The lowest BCUT2D eigenvalue weighted by molar-refractivity contribution is -0.131. The van der Waals surface area contributed by atoms with Crippen LogP contribution < -0.4 is 0 Å². The van der Waals surface area contributed by atoms with E-state index in [2.05, 4.69) is 4.98 Å². The normalized spacial score (nSPS) is 10.6. The Morgan fingerprint density at radius 1 is 1.38 bits per heavy atom. The summed E-state index contributed by atoms with van der Waals surface area (Å²) in [6.45, 7) is 1.74. The van der Waals surface area contributed by atoms with Crippen LogP contribution in [0.25, 0.3) is 10.9 Å². The Labute approximate surface area is 89.7 Å². The van der Waals surface area contributed by atoms with Crippen molar-refractivity contribution in [1.29, 1.82) is 0 Å². The zero-order valence-electron chi connectivity index (χ0n) is 8.37. The molecule has 2 aromatic rings. The quantitative estimate of drug-likeness (QED) is 0.600. The smallest absolute Gasteiger partial charge is 0.377 e. The maximum Gasteiger partial charge on any atom is 0.377 e. The molecule has 0 spiro atoms. The third-order valence-corrected chi connectivity index (χ3v) is 2.40. The summed E-state index contributed by atoms with van der Waals surface area (Å²) >= 11 is 0. The second kappa shape index (κ2) is 3.44. The molecule has 1 aromatic carbocycles. The number of nitrogens with one attached hydrogen (secondary N) is 1. The molecule has 1 aromatic heterocycles. The molecule has 0 saturated heterocycles. The van der Waals surface area contributed by atoms with Gasteiger partial charge in [-0.05, 0) is 24.6 Å². The number of ketones is 1. The molecule has 16 heavy (non-hydrogen) atoms. The minimum Gasteiger partial charge on any atom is -0.475 e. The van der Waals surface area contributed by atoms with E-state index in [9.17, 15) is 14.0 Å². The summed E-state index contributed by atoms with van der Waals surface area (Å²) in [5.74, 6) is -3.33. The molecule has 0 fully saturated rings. The molecule has 0 aliphatic carbocycles. The van der Waals surface area contributed by atoms with Crippen molar-refractivity contribution in [1.82, 2.24) is 4.98 Å². The number of carboxylic acid groups (broad SMARTS) is 1. The van der Waals surface area contributed by atoms with Gasteiger partial charge in [0.1, 0.15) is 5.82 Å². The lowest BCUT2D eigenvalue weighted by Gasteiger charge is -1.99. The van der Waals surface area contributed by atoms with Gasteiger partial charge in [-0.2, -0.15) is 0 Å². The third-order valence-electron chi connectivity index (χ3n) is 2.40. The van der Waals surface area contributed by atoms with Gasteiger partial charge in [-0.25, -0.2) is 9.18 Å². The molecule has 82 valence electrons. The highest BCUT2D eigenvalue weighted by atomic mass is 19.1. The molecule has 0 radical (unpaired) electrons. The molecule has 0 aliphatic heterocycles. The molecule has 0 aliphatic rings. The molecule has 1 heterocycles. The van der Waals surface area contributed by atoms with E-state index >= 15 is 0 Å². The second-order valence-electron chi connectivity index (χ2n) is 3.49. The maximum atomic E-state index is 13.5. The predicted octanol–water partition coefficient (Wildman–Crippen LogP) is 1.88. The highest BCUT2D eigenvalue weighted by molar-refractivity contribution is 6.40. The number of aromatic amines is 1. The third kappa shape index (κ3) is 1.46. The van der Waals surface area contributed by atoms with Crippen molar-refractivity contribution < 1.29 is 19.1 Å². The lowest BCUT2D eigenvalue weighted by Crippen LogP contribution is -2.12. The van der Waals surface area contributed by atoms with Crippen molar-refractivity contribution in [3.05, 3.63) is 35.3 Å². The number of carboxylic acids is 1. The number of carbonyl (C=O) groups excluding carboxylic acids is 1. The standard InChI is InChI=1S/C11H8FNO3/c1-5-4-13-9-7(5)2-6(3-8(9)12)10(14)11(15)16/h2-4,13H,1H3,(H,15,16). The number of Topliss-reactive ketones (excluding diaryl/α,β-unsaturated/α-hetero) is 1. The first-order chi connectivity index (χ1) is 7.50. The van der Waals surface area contributed by atoms with Crippen molar-refractivity contribution in [2.24, 2.45) is 0 Å². The van der Waals surface area contributed by atoms with Crippen LogP contribution in [0.15, 0.2) is 18.3 Å². The molecular formula is C11H8FNO3. The highest BCUT2D eigenvalue weighted by Crippen LogP contribution is 2.22. The van der Waals surface area contributed by atoms with Gasteiger partial charge < -0.3 is 10.1 Å². The number of carbonyl (C=O) groups is 2. The largest absolute Gasteiger partial charge is 0.475 e. The molecule has 2 N–H and O–H groups in total. The molecular weight excluding hydrogens is 213 g/mol. The highest BCUT2D eigenvalue weighted by Gasteiger charge is 2.17. The fourth-order valence-corrected chi connectivity index (χ4v) is 1.58. The molecule has 4 nitrogen and oxygen atoms in total. The van der Waals surface area contributed by atoms with Gasteiger partial charge in [0.25, 0.3) is 5.78 Å². The van der Waals surface area contributed by atoms with Crippen LogP contribution in [0.3, 0.4) is 0 Å². The van der Waals surface area contributed by atoms with E-state index in [0.29, 0.717) is 5.39 Å². The van der Waals surface area contributed by atoms with Crippen molar-refractivity contribution >= 4 is 22.7 Å². The summed E-state index contributed by atoms with van der Waals surface area (Å²) in [5.41, 5.74) is 0.883. The number of aliphatic carboxylic acids is 1. The fourth-order valence-electron chi connectivity index (χ4n) is 1.58. The average molecular weight is 221 g/mol. The Balaban J connectivity index is 2.70. The molecule has 5 heteroatoms.